The molecule has 0 saturated carbocycles. The molecule has 1 aliphatic heterocycles. The molecule has 0 spiro atoms. The zero-order valence-electron chi connectivity index (χ0n) is 13.1. The number of nitrogens with zero attached hydrogens (tertiary/aromatic N) is 1. The summed E-state index contributed by atoms with van der Waals surface area (Å²) in [6.07, 6.45) is 5.62. The largest absolute Gasteiger partial charge is 0.481 e. The SMILES string of the molecule is N[C@@H](CNC(=O)CCCCCCC(=O)O)C(=O)N1CCCC1. The van der Waals surface area contributed by atoms with Gasteiger partial charge in [-0.25, -0.2) is 0 Å². The molecule has 0 aromatic carbocycles. The summed E-state index contributed by atoms with van der Waals surface area (Å²) in [5.74, 6) is -0.983. The van der Waals surface area contributed by atoms with Crippen LogP contribution in [0, 0.1) is 0 Å². The summed E-state index contributed by atoms with van der Waals surface area (Å²) in [5.41, 5.74) is 5.81. The maximum Gasteiger partial charge on any atom is 0.303 e. The first-order chi connectivity index (χ1) is 10.5. The Labute approximate surface area is 131 Å². The molecule has 4 N–H and O–H groups in total. The topological polar surface area (TPSA) is 113 Å². The highest BCUT2D eigenvalue weighted by molar-refractivity contribution is 5.83. The van der Waals surface area contributed by atoms with Gasteiger partial charge in [-0.05, 0) is 25.7 Å². The molecule has 0 aliphatic carbocycles. The fourth-order valence-electron chi connectivity index (χ4n) is 2.49. The lowest BCUT2D eigenvalue weighted by Crippen LogP contribution is -2.48. The minimum atomic E-state index is -0.783. The fraction of sp³-hybridized carbons (Fsp3) is 0.800. The average molecular weight is 313 g/mol. The van der Waals surface area contributed by atoms with E-state index in [1.165, 1.54) is 0 Å². The Hall–Kier alpha value is -1.63. The first-order valence-electron chi connectivity index (χ1n) is 8.03. The van der Waals surface area contributed by atoms with Crippen molar-refractivity contribution in [3.05, 3.63) is 0 Å². The maximum atomic E-state index is 11.9. The molecule has 1 fully saturated rings. The second-order valence-corrected chi connectivity index (χ2v) is 5.75. The molecule has 0 aromatic heterocycles. The van der Waals surface area contributed by atoms with Gasteiger partial charge in [0.05, 0.1) is 0 Å². The monoisotopic (exact) mass is 313 g/mol. The Balaban J connectivity index is 2.04. The number of rotatable bonds is 10. The van der Waals surface area contributed by atoms with E-state index in [-0.39, 0.29) is 24.8 Å². The van der Waals surface area contributed by atoms with Gasteiger partial charge in [-0.3, -0.25) is 14.4 Å². The molecule has 0 radical (unpaired) electrons. The average Bonchev–Trinajstić information content (AvgIpc) is 3.01. The van der Waals surface area contributed by atoms with Gasteiger partial charge in [0.15, 0.2) is 0 Å². The van der Waals surface area contributed by atoms with Crippen LogP contribution in [0.2, 0.25) is 0 Å². The summed E-state index contributed by atoms with van der Waals surface area (Å²) in [4.78, 5) is 35.7. The molecular weight excluding hydrogens is 286 g/mol. The Bertz CT molecular complexity index is 381. The standard InChI is InChI=1S/C15H27N3O4/c16-12(15(22)18-9-5-6-10-18)11-17-13(19)7-3-1-2-4-8-14(20)21/h12H,1-11,16H2,(H,17,19)(H,20,21)/t12-/m0/s1. The molecule has 1 atom stereocenters. The smallest absolute Gasteiger partial charge is 0.303 e. The number of carboxylic acid groups (broad SMARTS) is 1. The van der Waals surface area contributed by atoms with Crippen molar-refractivity contribution in [2.45, 2.75) is 57.4 Å². The number of unbranched alkanes of at least 4 members (excludes halogenated alkanes) is 3. The van der Waals surface area contributed by atoms with E-state index in [1.807, 2.05) is 0 Å². The normalized spacial score (nSPS) is 15.6. The molecule has 2 amide bonds. The predicted molar refractivity (Wildman–Crippen MR) is 82.1 cm³/mol. The molecule has 0 unspecified atom stereocenters. The van der Waals surface area contributed by atoms with Gasteiger partial charge >= 0.3 is 5.97 Å². The summed E-state index contributed by atoms with van der Waals surface area (Å²) < 4.78 is 0. The van der Waals surface area contributed by atoms with Crippen molar-refractivity contribution in [3.8, 4) is 0 Å². The quantitative estimate of drug-likeness (QED) is 0.508. The van der Waals surface area contributed by atoms with Gasteiger partial charge in [0.1, 0.15) is 6.04 Å². The lowest BCUT2D eigenvalue weighted by Gasteiger charge is -2.20. The number of nitrogens with one attached hydrogen (secondary N) is 1. The molecule has 1 rings (SSSR count). The second-order valence-electron chi connectivity index (χ2n) is 5.75. The summed E-state index contributed by atoms with van der Waals surface area (Å²) in [6.45, 7) is 1.70. The number of carbonyl (C=O) groups is 3. The van der Waals surface area contributed by atoms with Crippen LogP contribution in [-0.4, -0.2) is 53.5 Å². The lowest BCUT2D eigenvalue weighted by atomic mass is 10.1. The van der Waals surface area contributed by atoms with Gasteiger partial charge in [0.25, 0.3) is 0 Å². The number of likely N-dealkylation sites (tertiary alicyclic amines) is 1. The molecule has 1 saturated heterocycles. The molecule has 7 heteroatoms. The molecule has 1 aliphatic rings. The van der Waals surface area contributed by atoms with Crippen LogP contribution in [0.5, 0.6) is 0 Å². The highest BCUT2D eigenvalue weighted by atomic mass is 16.4. The van der Waals surface area contributed by atoms with E-state index < -0.39 is 12.0 Å². The zero-order valence-corrected chi connectivity index (χ0v) is 13.1. The van der Waals surface area contributed by atoms with Crippen molar-refractivity contribution in [1.82, 2.24) is 10.2 Å². The predicted octanol–water partition coefficient (Wildman–Crippen LogP) is 0.478. The third kappa shape index (κ3) is 7.40. The van der Waals surface area contributed by atoms with Crippen LogP contribution in [0.25, 0.3) is 0 Å². The minimum Gasteiger partial charge on any atom is -0.481 e. The van der Waals surface area contributed by atoms with E-state index in [4.69, 9.17) is 10.8 Å². The second kappa shape index (κ2) is 10.2. The number of aliphatic carboxylic acids is 1. The molecule has 7 nitrogen and oxygen atoms in total. The number of amides is 2. The molecule has 22 heavy (non-hydrogen) atoms. The Morgan fingerprint density at radius 1 is 1.05 bits per heavy atom. The van der Waals surface area contributed by atoms with Crippen LogP contribution in [0.4, 0.5) is 0 Å². The first-order valence-corrected chi connectivity index (χ1v) is 8.03. The van der Waals surface area contributed by atoms with E-state index in [1.54, 1.807) is 4.90 Å². The third-order valence-electron chi connectivity index (χ3n) is 3.80. The number of carbonyl (C=O) groups excluding carboxylic acids is 2. The number of nitrogens with two attached hydrogens (primary N) is 1. The van der Waals surface area contributed by atoms with E-state index >= 15 is 0 Å². The molecule has 0 aromatic rings. The maximum absolute atomic E-state index is 11.9. The third-order valence-corrected chi connectivity index (χ3v) is 3.80. The van der Waals surface area contributed by atoms with E-state index in [9.17, 15) is 14.4 Å². The van der Waals surface area contributed by atoms with Crippen molar-refractivity contribution in [1.29, 1.82) is 0 Å². The van der Waals surface area contributed by atoms with Crippen molar-refractivity contribution in [2.24, 2.45) is 5.73 Å². The van der Waals surface area contributed by atoms with Gasteiger partial charge in [0, 0.05) is 32.5 Å². The van der Waals surface area contributed by atoms with Gasteiger partial charge in [-0.2, -0.15) is 0 Å². The Morgan fingerprint density at radius 2 is 1.64 bits per heavy atom. The Morgan fingerprint density at radius 3 is 2.23 bits per heavy atom. The summed E-state index contributed by atoms with van der Waals surface area (Å²) in [6, 6.07) is -0.669. The summed E-state index contributed by atoms with van der Waals surface area (Å²) in [5, 5.41) is 11.2. The van der Waals surface area contributed by atoms with Gasteiger partial charge in [0.2, 0.25) is 11.8 Å². The molecule has 0 bridgehead atoms. The number of hydrogen-bond donors (Lipinski definition) is 3. The van der Waals surface area contributed by atoms with E-state index in [0.29, 0.717) is 12.8 Å². The lowest BCUT2D eigenvalue weighted by molar-refractivity contribution is -0.137. The molecule has 1 heterocycles. The summed E-state index contributed by atoms with van der Waals surface area (Å²) >= 11 is 0. The van der Waals surface area contributed by atoms with Crippen LogP contribution in [0.15, 0.2) is 0 Å². The van der Waals surface area contributed by atoms with Crippen LogP contribution < -0.4 is 11.1 Å². The number of carboxylic acids is 1. The van der Waals surface area contributed by atoms with Crippen LogP contribution >= 0.6 is 0 Å². The van der Waals surface area contributed by atoms with Crippen LogP contribution in [0.3, 0.4) is 0 Å². The van der Waals surface area contributed by atoms with Crippen molar-refractivity contribution >= 4 is 17.8 Å². The van der Waals surface area contributed by atoms with Crippen molar-refractivity contribution in [3.63, 3.8) is 0 Å². The van der Waals surface area contributed by atoms with E-state index in [2.05, 4.69) is 5.32 Å². The summed E-state index contributed by atoms with van der Waals surface area (Å²) in [7, 11) is 0. The highest BCUT2D eigenvalue weighted by Gasteiger charge is 2.23. The van der Waals surface area contributed by atoms with Crippen LogP contribution in [0.1, 0.15) is 51.4 Å². The van der Waals surface area contributed by atoms with Crippen molar-refractivity contribution in [2.75, 3.05) is 19.6 Å². The number of hydrogen-bond acceptors (Lipinski definition) is 4. The van der Waals surface area contributed by atoms with Gasteiger partial charge in [-0.15, -0.1) is 0 Å². The van der Waals surface area contributed by atoms with Crippen molar-refractivity contribution < 1.29 is 19.5 Å². The van der Waals surface area contributed by atoms with Gasteiger partial charge < -0.3 is 21.1 Å². The van der Waals surface area contributed by atoms with Crippen LogP contribution in [-0.2, 0) is 14.4 Å². The highest BCUT2D eigenvalue weighted by Crippen LogP contribution is 2.08. The molecular formula is C15H27N3O4. The minimum absolute atomic E-state index is 0.0912. The zero-order chi connectivity index (χ0) is 16.4. The molecule has 126 valence electrons. The fourth-order valence-corrected chi connectivity index (χ4v) is 2.49. The van der Waals surface area contributed by atoms with Gasteiger partial charge in [-0.1, -0.05) is 12.8 Å². The Kier molecular flexibility index (Phi) is 8.50. The van der Waals surface area contributed by atoms with E-state index in [0.717, 1.165) is 45.2 Å². The first kappa shape index (κ1) is 18.4.